The molecule has 128 valence electrons. The van der Waals surface area contributed by atoms with Gasteiger partial charge in [0.05, 0.1) is 7.11 Å². The summed E-state index contributed by atoms with van der Waals surface area (Å²) in [4.78, 5) is 13.0. The van der Waals surface area contributed by atoms with Crippen molar-refractivity contribution in [3.05, 3.63) is 59.9 Å². The molecule has 3 nitrogen and oxygen atoms in total. The summed E-state index contributed by atoms with van der Waals surface area (Å²) in [6.45, 7) is 1.99. The smallest absolute Gasteiger partial charge is 0.221 e. The fraction of sp³-hybridized carbons (Fsp3) is 0.316. The van der Waals surface area contributed by atoms with E-state index in [2.05, 4.69) is 5.32 Å². The minimum Gasteiger partial charge on any atom is -0.497 e. The van der Waals surface area contributed by atoms with Gasteiger partial charge < -0.3 is 10.1 Å². The van der Waals surface area contributed by atoms with Gasteiger partial charge in [0.25, 0.3) is 0 Å². The molecule has 0 aliphatic rings. The molecule has 0 radical (unpaired) electrons. The van der Waals surface area contributed by atoms with Crippen LogP contribution in [0.25, 0.3) is 0 Å². The Balaban J connectivity index is 1.72. The van der Waals surface area contributed by atoms with Gasteiger partial charge in [-0.3, -0.25) is 4.79 Å². The lowest BCUT2D eigenvalue weighted by molar-refractivity contribution is -0.121. The third-order valence-corrected chi connectivity index (χ3v) is 4.51. The maximum absolute atomic E-state index is 12.8. The predicted molar refractivity (Wildman–Crippen MR) is 96.0 cm³/mol. The van der Waals surface area contributed by atoms with E-state index in [1.54, 1.807) is 31.0 Å². The molecule has 0 spiro atoms. The molecule has 2 rings (SSSR count). The summed E-state index contributed by atoms with van der Waals surface area (Å²) in [5.74, 6) is 1.27. The van der Waals surface area contributed by atoms with E-state index < -0.39 is 0 Å². The Bertz CT molecular complexity index is 661. The number of halogens is 1. The fourth-order valence-corrected chi connectivity index (χ4v) is 3.20. The van der Waals surface area contributed by atoms with Gasteiger partial charge in [0.15, 0.2) is 0 Å². The maximum Gasteiger partial charge on any atom is 0.221 e. The van der Waals surface area contributed by atoms with Gasteiger partial charge in [0.1, 0.15) is 11.6 Å². The van der Waals surface area contributed by atoms with Crippen molar-refractivity contribution < 1.29 is 13.9 Å². The number of nitrogens with one attached hydrogen (secondary N) is 1. The van der Waals surface area contributed by atoms with Crippen LogP contribution in [0.2, 0.25) is 0 Å². The number of rotatable bonds is 8. The maximum atomic E-state index is 12.8. The monoisotopic (exact) mass is 347 g/mol. The summed E-state index contributed by atoms with van der Waals surface area (Å²) in [5, 5.41) is 3.01. The summed E-state index contributed by atoms with van der Waals surface area (Å²) in [7, 11) is 1.64. The molecule has 0 saturated carbocycles. The molecule has 2 aromatic carbocycles. The number of benzene rings is 2. The zero-order valence-corrected chi connectivity index (χ0v) is 14.7. The normalized spacial score (nSPS) is 11.8. The van der Waals surface area contributed by atoms with Gasteiger partial charge >= 0.3 is 0 Å². The van der Waals surface area contributed by atoms with Crippen LogP contribution in [0.15, 0.2) is 53.4 Å². The minimum atomic E-state index is -0.247. The van der Waals surface area contributed by atoms with Gasteiger partial charge in [-0.25, -0.2) is 4.39 Å². The van der Waals surface area contributed by atoms with Crippen molar-refractivity contribution in [1.82, 2.24) is 5.32 Å². The van der Waals surface area contributed by atoms with E-state index in [1.165, 1.54) is 12.1 Å². The number of amides is 1. The van der Waals surface area contributed by atoms with Crippen LogP contribution in [0.5, 0.6) is 5.75 Å². The van der Waals surface area contributed by atoms with Crippen LogP contribution in [0.3, 0.4) is 0 Å². The molecular weight excluding hydrogens is 325 g/mol. The Morgan fingerprint density at radius 3 is 2.71 bits per heavy atom. The van der Waals surface area contributed by atoms with Crippen molar-refractivity contribution >= 4 is 17.7 Å². The Labute approximate surface area is 146 Å². The number of carbonyl (C=O) groups is 1. The van der Waals surface area contributed by atoms with Crippen molar-refractivity contribution in [2.45, 2.75) is 30.7 Å². The van der Waals surface area contributed by atoms with Crippen LogP contribution in [0, 0.1) is 5.82 Å². The van der Waals surface area contributed by atoms with Gasteiger partial charge in [-0.05, 0) is 55.3 Å². The number of carbonyl (C=O) groups excluding carboxylic acids is 1. The van der Waals surface area contributed by atoms with Crippen LogP contribution in [0.1, 0.15) is 18.9 Å². The SMILES string of the molecule is COc1cccc(CC(C)NC(=O)CCSc2ccc(F)cc2)c1. The summed E-state index contributed by atoms with van der Waals surface area (Å²) in [6.07, 6.45) is 1.19. The fourth-order valence-electron chi connectivity index (χ4n) is 2.34. The molecule has 0 heterocycles. The number of thioether (sulfide) groups is 1. The zero-order valence-electron chi connectivity index (χ0n) is 13.9. The first-order valence-electron chi connectivity index (χ1n) is 7.87. The average Bonchev–Trinajstić information content (AvgIpc) is 2.56. The zero-order chi connectivity index (χ0) is 17.4. The first kappa shape index (κ1) is 18.3. The van der Waals surface area contributed by atoms with E-state index in [0.717, 1.165) is 22.6 Å². The molecule has 0 saturated heterocycles. The van der Waals surface area contributed by atoms with Crippen LogP contribution in [0.4, 0.5) is 4.39 Å². The molecule has 0 aliphatic carbocycles. The largest absolute Gasteiger partial charge is 0.497 e. The number of hydrogen-bond acceptors (Lipinski definition) is 3. The lowest BCUT2D eigenvalue weighted by Gasteiger charge is -2.14. The van der Waals surface area contributed by atoms with E-state index in [0.29, 0.717) is 12.2 Å². The minimum absolute atomic E-state index is 0.0278. The first-order valence-corrected chi connectivity index (χ1v) is 8.86. The second-order valence-electron chi connectivity index (χ2n) is 5.58. The van der Waals surface area contributed by atoms with Crippen molar-refractivity contribution in [3.8, 4) is 5.75 Å². The summed E-state index contributed by atoms with van der Waals surface area (Å²) in [5.41, 5.74) is 1.13. The van der Waals surface area contributed by atoms with Crippen LogP contribution >= 0.6 is 11.8 Å². The lowest BCUT2D eigenvalue weighted by Crippen LogP contribution is -2.34. The number of ether oxygens (including phenoxy) is 1. The van der Waals surface area contributed by atoms with E-state index >= 15 is 0 Å². The molecular formula is C19H22FNO2S. The standard InChI is InChI=1S/C19H22FNO2S/c1-14(12-15-4-3-5-17(13-15)23-2)21-19(22)10-11-24-18-8-6-16(20)7-9-18/h3-9,13-14H,10-12H2,1-2H3,(H,21,22). The summed E-state index contributed by atoms with van der Waals surface area (Å²) >= 11 is 1.55. The third kappa shape index (κ3) is 6.24. The molecule has 1 unspecified atom stereocenters. The van der Waals surface area contributed by atoms with Crippen molar-refractivity contribution in [1.29, 1.82) is 0 Å². The van der Waals surface area contributed by atoms with E-state index in [1.807, 2.05) is 31.2 Å². The van der Waals surface area contributed by atoms with Crippen molar-refractivity contribution in [2.24, 2.45) is 0 Å². The highest BCUT2D eigenvalue weighted by Gasteiger charge is 2.09. The Morgan fingerprint density at radius 1 is 1.25 bits per heavy atom. The predicted octanol–water partition coefficient (Wildman–Crippen LogP) is 4.06. The molecule has 5 heteroatoms. The second-order valence-corrected chi connectivity index (χ2v) is 6.74. The Hall–Kier alpha value is -2.01. The molecule has 0 aliphatic heterocycles. The molecule has 1 amide bonds. The molecule has 0 fully saturated rings. The summed E-state index contributed by atoms with van der Waals surface area (Å²) in [6, 6.07) is 14.2. The highest BCUT2D eigenvalue weighted by Crippen LogP contribution is 2.19. The van der Waals surface area contributed by atoms with Gasteiger partial charge in [-0.15, -0.1) is 11.8 Å². The quantitative estimate of drug-likeness (QED) is 0.732. The first-order chi connectivity index (χ1) is 11.6. The second kappa shape index (κ2) is 9.33. The van der Waals surface area contributed by atoms with Gasteiger partial charge in [-0.1, -0.05) is 12.1 Å². The van der Waals surface area contributed by atoms with E-state index in [4.69, 9.17) is 4.74 Å². The molecule has 0 aromatic heterocycles. The van der Waals surface area contributed by atoms with Crippen LogP contribution in [-0.2, 0) is 11.2 Å². The molecule has 0 bridgehead atoms. The molecule has 1 N–H and O–H groups in total. The Kier molecular flexibility index (Phi) is 7.12. The summed E-state index contributed by atoms with van der Waals surface area (Å²) < 4.78 is 18.0. The highest BCUT2D eigenvalue weighted by molar-refractivity contribution is 7.99. The molecule has 24 heavy (non-hydrogen) atoms. The molecule has 2 aromatic rings. The van der Waals surface area contributed by atoms with Crippen molar-refractivity contribution in [3.63, 3.8) is 0 Å². The third-order valence-electron chi connectivity index (χ3n) is 3.49. The van der Waals surface area contributed by atoms with Crippen LogP contribution < -0.4 is 10.1 Å². The highest BCUT2D eigenvalue weighted by atomic mass is 32.2. The number of hydrogen-bond donors (Lipinski definition) is 1. The van der Waals surface area contributed by atoms with E-state index in [9.17, 15) is 9.18 Å². The van der Waals surface area contributed by atoms with Gasteiger partial charge in [0, 0.05) is 23.1 Å². The number of methoxy groups -OCH3 is 1. The Morgan fingerprint density at radius 2 is 2.00 bits per heavy atom. The van der Waals surface area contributed by atoms with Gasteiger partial charge in [-0.2, -0.15) is 0 Å². The topological polar surface area (TPSA) is 38.3 Å². The average molecular weight is 347 g/mol. The van der Waals surface area contributed by atoms with Crippen molar-refractivity contribution in [2.75, 3.05) is 12.9 Å². The molecule has 1 atom stereocenters. The van der Waals surface area contributed by atoms with Crippen LogP contribution in [-0.4, -0.2) is 24.8 Å². The van der Waals surface area contributed by atoms with E-state index in [-0.39, 0.29) is 17.8 Å². The lowest BCUT2D eigenvalue weighted by atomic mass is 10.1. The van der Waals surface area contributed by atoms with Gasteiger partial charge in [0.2, 0.25) is 5.91 Å².